The van der Waals surface area contributed by atoms with Crippen molar-refractivity contribution < 1.29 is 14.6 Å². The van der Waals surface area contributed by atoms with Gasteiger partial charge in [0.15, 0.2) is 0 Å². The van der Waals surface area contributed by atoms with Crippen molar-refractivity contribution in [1.29, 1.82) is 0 Å². The minimum Gasteiger partial charge on any atom is -0.491 e. The molecule has 0 spiro atoms. The van der Waals surface area contributed by atoms with E-state index < -0.39 is 6.10 Å². The van der Waals surface area contributed by atoms with Crippen molar-refractivity contribution in [2.75, 3.05) is 49.2 Å². The van der Waals surface area contributed by atoms with Crippen LogP contribution in [-0.2, 0) is 11.3 Å². The molecule has 3 heterocycles. The van der Waals surface area contributed by atoms with Crippen molar-refractivity contribution in [2.45, 2.75) is 45.1 Å². The Kier molecular flexibility index (Phi) is 10.3. The number of rotatable bonds is 14. The summed E-state index contributed by atoms with van der Waals surface area (Å²) in [6.45, 7) is 8.27. The van der Waals surface area contributed by atoms with Crippen LogP contribution in [0.1, 0.15) is 38.0 Å². The van der Waals surface area contributed by atoms with E-state index in [1.54, 1.807) is 28.1 Å². The Balaban J connectivity index is 0.961. The third-order valence-electron chi connectivity index (χ3n) is 8.58. The van der Waals surface area contributed by atoms with Crippen molar-refractivity contribution in [3.63, 3.8) is 0 Å². The smallest absolute Gasteiger partial charge is 0.350 e. The summed E-state index contributed by atoms with van der Waals surface area (Å²) in [5, 5.41) is 23.3. The van der Waals surface area contributed by atoms with Gasteiger partial charge in [-0.3, -0.25) is 0 Å². The molecular weight excluding hydrogens is 596 g/mol. The number of aliphatic hydroxyl groups is 1. The molecule has 1 saturated heterocycles. The second-order valence-corrected chi connectivity index (χ2v) is 11.8. The second kappa shape index (κ2) is 15.1. The molecule has 47 heavy (non-hydrogen) atoms. The van der Waals surface area contributed by atoms with Crippen LogP contribution in [0.15, 0.2) is 102 Å². The number of benzene rings is 3. The largest absolute Gasteiger partial charge is 0.491 e. The summed E-state index contributed by atoms with van der Waals surface area (Å²) in [7, 11) is 0. The average Bonchev–Trinajstić information content (AvgIpc) is 3.79. The van der Waals surface area contributed by atoms with Gasteiger partial charge in [-0.15, -0.1) is 0 Å². The minimum absolute atomic E-state index is 0.0669. The molecule has 2 aromatic heterocycles. The van der Waals surface area contributed by atoms with Gasteiger partial charge in [0.1, 0.15) is 30.9 Å². The average molecular weight is 639 g/mol. The van der Waals surface area contributed by atoms with E-state index in [-0.39, 0.29) is 31.0 Å². The van der Waals surface area contributed by atoms with Crippen molar-refractivity contribution in [3.05, 3.63) is 114 Å². The van der Waals surface area contributed by atoms with Crippen LogP contribution in [0.3, 0.4) is 0 Å². The molecule has 1 aliphatic heterocycles. The molecule has 3 atom stereocenters. The van der Waals surface area contributed by atoms with Crippen LogP contribution in [0.5, 0.6) is 5.75 Å². The molecule has 246 valence electrons. The number of nitrogens with zero attached hydrogens (tertiary/aromatic N) is 8. The van der Waals surface area contributed by atoms with Gasteiger partial charge >= 0.3 is 5.69 Å². The number of ether oxygens (including phenoxy) is 2. The van der Waals surface area contributed by atoms with E-state index in [9.17, 15) is 9.90 Å². The van der Waals surface area contributed by atoms with Crippen LogP contribution in [0.4, 0.5) is 11.4 Å². The molecule has 0 aliphatic carbocycles. The third kappa shape index (κ3) is 7.90. The maximum atomic E-state index is 12.8. The zero-order valence-electron chi connectivity index (χ0n) is 26.9. The first-order valence-corrected chi connectivity index (χ1v) is 16.2. The summed E-state index contributed by atoms with van der Waals surface area (Å²) < 4.78 is 15.1. The Morgan fingerprint density at radius 3 is 2.00 bits per heavy atom. The molecule has 0 amide bonds. The van der Waals surface area contributed by atoms with Gasteiger partial charge in [-0.25, -0.2) is 14.0 Å². The molecule has 12 nitrogen and oxygen atoms in total. The molecule has 6 rings (SSSR count). The van der Waals surface area contributed by atoms with Gasteiger partial charge in [0, 0.05) is 37.6 Å². The van der Waals surface area contributed by atoms with Crippen molar-refractivity contribution >= 4 is 11.4 Å². The zero-order valence-corrected chi connectivity index (χ0v) is 26.9. The normalized spacial score (nSPS) is 15.4. The lowest BCUT2D eigenvalue weighted by atomic mass is 10.1. The van der Waals surface area contributed by atoms with E-state index in [0.29, 0.717) is 12.3 Å². The van der Waals surface area contributed by atoms with Crippen molar-refractivity contribution in [3.8, 4) is 11.4 Å². The lowest BCUT2D eigenvalue weighted by Crippen LogP contribution is -2.46. The van der Waals surface area contributed by atoms with Gasteiger partial charge in [-0.2, -0.15) is 20.1 Å². The molecule has 5 aromatic rings. The van der Waals surface area contributed by atoms with Crippen LogP contribution in [0, 0.1) is 0 Å². The third-order valence-corrected chi connectivity index (χ3v) is 8.58. The first-order chi connectivity index (χ1) is 23.0. The van der Waals surface area contributed by atoms with Crippen molar-refractivity contribution in [1.82, 2.24) is 29.3 Å². The molecule has 0 bridgehead atoms. The van der Waals surface area contributed by atoms with Crippen LogP contribution in [0.25, 0.3) is 5.69 Å². The van der Waals surface area contributed by atoms with E-state index in [0.717, 1.165) is 55.2 Å². The highest BCUT2D eigenvalue weighted by molar-refractivity contribution is 5.54. The monoisotopic (exact) mass is 638 g/mol. The lowest BCUT2D eigenvalue weighted by molar-refractivity contribution is -0.0339. The number of hydrogen-bond donors (Lipinski definition) is 1. The van der Waals surface area contributed by atoms with E-state index in [1.165, 1.54) is 4.68 Å². The summed E-state index contributed by atoms with van der Waals surface area (Å²) >= 11 is 0. The predicted octanol–water partition coefficient (Wildman–Crippen LogP) is 4.12. The fourth-order valence-corrected chi connectivity index (χ4v) is 5.64. The van der Waals surface area contributed by atoms with E-state index in [1.807, 2.05) is 68.4 Å². The molecule has 0 radical (unpaired) electrons. The summed E-state index contributed by atoms with van der Waals surface area (Å²) in [5.41, 5.74) is 3.96. The summed E-state index contributed by atoms with van der Waals surface area (Å²) in [4.78, 5) is 19.1. The Hall–Kier alpha value is -4.94. The molecular formula is C35H42N8O4. The highest BCUT2D eigenvalue weighted by Crippen LogP contribution is 2.24. The number of aromatic nitrogens is 6. The van der Waals surface area contributed by atoms with Gasteiger partial charge in [0.25, 0.3) is 0 Å². The topological polar surface area (TPSA) is 116 Å². The molecule has 1 unspecified atom stereocenters. The predicted molar refractivity (Wildman–Crippen MR) is 180 cm³/mol. The van der Waals surface area contributed by atoms with Gasteiger partial charge in [0.2, 0.25) is 0 Å². The van der Waals surface area contributed by atoms with Crippen LogP contribution < -0.4 is 20.2 Å². The van der Waals surface area contributed by atoms with Gasteiger partial charge < -0.3 is 24.4 Å². The van der Waals surface area contributed by atoms with Gasteiger partial charge in [-0.05, 0) is 67.4 Å². The highest BCUT2D eigenvalue weighted by atomic mass is 16.5. The molecule has 3 aromatic carbocycles. The van der Waals surface area contributed by atoms with Gasteiger partial charge in [0.05, 0.1) is 37.3 Å². The minimum atomic E-state index is -0.794. The quantitative estimate of drug-likeness (QED) is 0.192. The highest BCUT2D eigenvalue weighted by Gasteiger charge is 2.19. The van der Waals surface area contributed by atoms with Crippen LogP contribution in [-0.4, -0.2) is 79.9 Å². The number of anilines is 2. The standard InChI is InChI=1S/C35H42N8O4/c1-3-27(2)43-35(45)41(26-38-43)31-11-9-29(10-12-31)39-19-21-40(22-20-39)30-13-15-33(16-14-30)46-24-32(44)25-47-34(23-42-36-17-18-37-42)28-7-5-4-6-8-28/h4-18,26-27,32,34,44H,3,19-25H2,1-2H3/t27-,32-,34?/m0/s1. The summed E-state index contributed by atoms with van der Waals surface area (Å²) in [5.74, 6) is 0.695. The first-order valence-electron chi connectivity index (χ1n) is 16.2. The Morgan fingerprint density at radius 1 is 0.787 bits per heavy atom. The van der Waals surface area contributed by atoms with Crippen LogP contribution in [0.2, 0.25) is 0 Å². The van der Waals surface area contributed by atoms with E-state index in [4.69, 9.17) is 9.47 Å². The molecule has 12 heteroatoms. The Morgan fingerprint density at radius 2 is 1.38 bits per heavy atom. The van der Waals surface area contributed by atoms with Gasteiger partial charge in [-0.1, -0.05) is 37.3 Å². The van der Waals surface area contributed by atoms with Crippen LogP contribution >= 0.6 is 0 Å². The lowest BCUT2D eigenvalue weighted by Gasteiger charge is -2.37. The summed E-state index contributed by atoms with van der Waals surface area (Å²) in [6.07, 6.45) is 4.62. The molecule has 1 fully saturated rings. The van der Waals surface area contributed by atoms with Crippen molar-refractivity contribution in [2.24, 2.45) is 0 Å². The molecule has 1 aliphatic rings. The zero-order chi connectivity index (χ0) is 32.6. The summed E-state index contributed by atoms with van der Waals surface area (Å²) in [6, 6.07) is 26.0. The maximum absolute atomic E-state index is 12.8. The maximum Gasteiger partial charge on any atom is 0.350 e. The number of piperazine rings is 1. The fourth-order valence-electron chi connectivity index (χ4n) is 5.64. The fraction of sp³-hybridized carbons (Fsp3) is 0.371. The number of aliphatic hydroxyl groups excluding tert-OH is 1. The van der Waals surface area contributed by atoms with E-state index >= 15 is 0 Å². The number of hydrogen-bond acceptors (Lipinski definition) is 9. The Bertz CT molecular complexity index is 1710. The first kappa shape index (κ1) is 32.0. The SMILES string of the molecule is CC[C@H](C)n1ncn(-c2ccc(N3CCN(c4ccc(OC[C@H](O)COC(Cn5nccn5)c5ccccc5)cc4)CC3)cc2)c1=O. The molecule has 1 N–H and O–H groups in total. The second-order valence-electron chi connectivity index (χ2n) is 11.8. The molecule has 0 saturated carbocycles. The van der Waals surface area contributed by atoms with E-state index in [2.05, 4.69) is 49.4 Å². The Labute approximate surface area is 274 Å².